The van der Waals surface area contributed by atoms with E-state index in [1.54, 1.807) is 7.11 Å². The second kappa shape index (κ2) is 7.28. The van der Waals surface area contributed by atoms with Crippen molar-refractivity contribution in [2.75, 3.05) is 20.2 Å². The molecule has 1 saturated heterocycles. The van der Waals surface area contributed by atoms with E-state index in [9.17, 15) is 0 Å². The van der Waals surface area contributed by atoms with Crippen LogP contribution in [0.5, 0.6) is 5.75 Å². The number of para-hydroxylation sites is 1. The first-order valence-corrected chi connectivity index (χ1v) is 8.30. The summed E-state index contributed by atoms with van der Waals surface area (Å²) in [4.78, 5) is 2.63. The van der Waals surface area contributed by atoms with E-state index >= 15 is 0 Å². The summed E-state index contributed by atoms with van der Waals surface area (Å²) in [6.45, 7) is 6.95. The quantitative estimate of drug-likeness (QED) is 0.838. The molecule has 1 atom stereocenters. The molecule has 0 amide bonds. The number of methoxy groups -OCH3 is 1. The van der Waals surface area contributed by atoms with Crippen LogP contribution in [0.25, 0.3) is 0 Å². The molecule has 1 aromatic rings. The highest BCUT2D eigenvalue weighted by Gasteiger charge is 2.40. The Bertz CT molecular complexity index is 437. The molecule has 0 radical (unpaired) electrons. The molecule has 1 aromatic carbocycles. The Morgan fingerprint density at radius 3 is 2.38 bits per heavy atom. The van der Waals surface area contributed by atoms with Crippen LogP contribution in [0.2, 0.25) is 0 Å². The molecule has 0 saturated carbocycles. The average molecular weight is 290 g/mol. The van der Waals surface area contributed by atoms with Crippen LogP contribution in [0.4, 0.5) is 0 Å². The van der Waals surface area contributed by atoms with Gasteiger partial charge in [-0.25, -0.2) is 0 Å². The molecule has 1 aliphatic rings. The first kappa shape index (κ1) is 16.3. The molecule has 3 nitrogen and oxygen atoms in total. The first-order chi connectivity index (χ1) is 10.2. The number of rotatable bonds is 7. The van der Waals surface area contributed by atoms with E-state index in [-0.39, 0.29) is 11.6 Å². The molecule has 1 fully saturated rings. The van der Waals surface area contributed by atoms with Crippen LogP contribution < -0.4 is 10.5 Å². The predicted molar refractivity (Wildman–Crippen MR) is 88.8 cm³/mol. The van der Waals surface area contributed by atoms with Crippen LogP contribution >= 0.6 is 0 Å². The van der Waals surface area contributed by atoms with Crippen LogP contribution in [0.15, 0.2) is 24.3 Å². The van der Waals surface area contributed by atoms with Gasteiger partial charge in [0.1, 0.15) is 5.75 Å². The zero-order valence-corrected chi connectivity index (χ0v) is 13.8. The zero-order chi connectivity index (χ0) is 15.3. The molecule has 0 aromatic heterocycles. The molecule has 21 heavy (non-hydrogen) atoms. The maximum atomic E-state index is 6.71. The van der Waals surface area contributed by atoms with E-state index in [4.69, 9.17) is 10.5 Å². The van der Waals surface area contributed by atoms with Crippen molar-refractivity contribution in [2.45, 2.75) is 57.5 Å². The lowest BCUT2D eigenvalue weighted by molar-refractivity contribution is 0.0766. The largest absolute Gasteiger partial charge is 0.496 e. The normalized spacial score (nSPS) is 17.9. The first-order valence-electron chi connectivity index (χ1n) is 8.30. The van der Waals surface area contributed by atoms with Crippen molar-refractivity contribution in [1.29, 1.82) is 0 Å². The molecule has 0 spiro atoms. The summed E-state index contributed by atoms with van der Waals surface area (Å²) in [6, 6.07) is 8.39. The topological polar surface area (TPSA) is 38.5 Å². The summed E-state index contributed by atoms with van der Waals surface area (Å²) >= 11 is 0. The number of ether oxygens (including phenoxy) is 1. The summed E-state index contributed by atoms with van der Waals surface area (Å²) in [5.74, 6) is 0.954. The summed E-state index contributed by atoms with van der Waals surface area (Å²) < 4.78 is 5.48. The summed E-state index contributed by atoms with van der Waals surface area (Å²) in [5, 5.41) is 0. The smallest absolute Gasteiger partial charge is 0.122 e. The van der Waals surface area contributed by atoms with Crippen molar-refractivity contribution < 1.29 is 4.74 Å². The predicted octanol–water partition coefficient (Wildman–Crippen LogP) is 3.22. The van der Waals surface area contributed by atoms with Gasteiger partial charge in [-0.05, 0) is 56.8 Å². The van der Waals surface area contributed by atoms with Gasteiger partial charge in [-0.3, -0.25) is 4.90 Å². The van der Waals surface area contributed by atoms with E-state index in [1.807, 2.05) is 12.1 Å². The third kappa shape index (κ3) is 3.24. The fraction of sp³-hybridized carbons (Fsp3) is 0.667. The minimum atomic E-state index is 0.122. The van der Waals surface area contributed by atoms with Crippen LogP contribution in [-0.4, -0.2) is 36.7 Å². The van der Waals surface area contributed by atoms with Gasteiger partial charge in [-0.15, -0.1) is 0 Å². The van der Waals surface area contributed by atoms with Crippen molar-refractivity contribution in [3.8, 4) is 5.75 Å². The number of hydrogen-bond donors (Lipinski definition) is 1. The highest BCUT2D eigenvalue weighted by atomic mass is 16.5. The molecule has 3 heteroatoms. The molecule has 0 bridgehead atoms. The van der Waals surface area contributed by atoms with Gasteiger partial charge in [0, 0.05) is 11.6 Å². The molecule has 2 N–H and O–H groups in total. The van der Waals surface area contributed by atoms with E-state index in [0.717, 1.165) is 25.0 Å². The fourth-order valence-corrected chi connectivity index (χ4v) is 3.92. The zero-order valence-electron chi connectivity index (χ0n) is 13.8. The number of hydrogen-bond acceptors (Lipinski definition) is 3. The van der Waals surface area contributed by atoms with Gasteiger partial charge in [0.15, 0.2) is 0 Å². The highest BCUT2D eigenvalue weighted by Crippen LogP contribution is 2.33. The molecule has 2 rings (SSSR count). The van der Waals surface area contributed by atoms with E-state index in [1.165, 1.54) is 31.5 Å². The fourth-order valence-electron chi connectivity index (χ4n) is 3.92. The number of benzene rings is 1. The minimum absolute atomic E-state index is 0.122. The molecular formula is C18H30N2O. The van der Waals surface area contributed by atoms with Gasteiger partial charge in [0.25, 0.3) is 0 Å². The standard InChI is InChI=1S/C18H30N2O/c1-4-18(5-2,20-12-8-9-13-20)17(19)14-15-10-6-7-11-16(15)21-3/h6-7,10-11,17H,4-5,8-9,12-14,19H2,1-3H3. The number of nitrogens with two attached hydrogens (primary N) is 1. The Balaban J connectivity index is 2.20. The van der Waals surface area contributed by atoms with Gasteiger partial charge >= 0.3 is 0 Å². The van der Waals surface area contributed by atoms with Crippen molar-refractivity contribution in [3.05, 3.63) is 29.8 Å². The van der Waals surface area contributed by atoms with Gasteiger partial charge in [-0.1, -0.05) is 32.0 Å². The van der Waals surface area contributed by atoms with Crippen LogP contribution in [0, 0.1) is 0 Å². The van der Waals surface area contributed by atoms with Crippen LogP contribution in [0.1, 0.15) is 45.1 Å². The summed E-state index contributed by atoms with van der Waals surface area (Å²) in [6.07, 6.45) is 5.72. The van der Waals surface area contributed by atoms with Gasteiger partial charge in [0.2, 0.25) is 0 Å². The molecule has 1 heterocycles. The van der Waals surface area contributed by atoms with E-state index in [0.29, 0.717) is 0 Å². The Morgan fingerprint density at radius 2 is 1.81 bits per heavy atom. The van der Waals surface area contributed by atoms with Crippen LogP contribution in [-0.2, 0) is 6.42 Å². The van der Waals surface area contributed by atoms with Gasteiger partial charge in [0.05, 0.1) is 7.11 Å². The van der Waals surface area contributed by atoms with Crippen LogP contribution in [0.3, 0.4) is 0 Å². The minimum Gasteiger partial charge on any atom is -0.496 e. The average Bonchev–Trinajstić information content (AvgIpc) is 3.04. The number of nitrogens with zero attached hydrogens (tertiary/aromatic N) is 1. The lowest BCUT2D eigenvalue weighted by atomic mass is 9.80. The Morgan fingerprint density at radius 1 is 1.19 bits per heavy atom. The van der Waals surface area contributed by atoms with Crippen molar-refractivity contribution in [2.24, 2.45) is 5.73 Å². The lowest BCUT2D eigenvalue weighted by Crippen LogP contribution is -2.59. The molecule has 1 unspecified atom stereocenters. The van der Waals surface area contributed by atoms with E-state index in [2.05, 4.69) is 30.9 Å². The second-order valence-electron chi connectivity index (χ2n) is 6.13. The Kier molecular flexibility index (Phi) is 5.65. The SMILES string of the molecule is CCC(CC)(C(N)Cc1ccccc1OC)N1CCCC1. The van der Waals surface area contributed by atoms with Gasteiger partial charge < -0.3 is 10.5 Å². The maximum absolute atomic E-state index is 6.71. The van der Waals surface area contributed by atoms with Gasteiger partial charge in [-0.2, -0.15) is 0 Å². The van der Waals surface area contributed by atoms with Crippen molar-refractivity contribution >= 4 is 0 Å². The third-order valence-corrected chi connectivity index (χ3v) is 5.28. The highest BCUT2D eigenvalue weighted by molar-refractivity contribution is 5.34. The Hall–Kier alpha value is -1.06. The summed E-state index contributed by atoms with van der Waals surface area (Å²) in [7, 11) is 1.73. The monoisotopic (exact) mass is 290 g/mol. The molecular weight excluding hydrogens is 260 g/mol. The molecule has 0 aliphatic carbocycles. The summed E-state index contributed by atoms with van der Waals surface area (Å²) in [5.41, 5.74) is 8.05. The van der Waals surface area contributed by atoms with Crippen molar-refractivity contribution in [1.82, 2.24) is 4.90 Å². The maximum Gasteiger partial charge on any atom is 0.122 e. The van der Waals surface area contributed by atoms with E-state index < -0.39 is 0 Å². The second-order valence-corrected chi connectivity index (χ2v) is 6.13. The van der Waals surface area contributed by atoms with Crippen molar-refractivity contribution in [3.63, 3.8) is 0 Å². The number of likely N-dealkylation sites (tertiary alicyclic amines) is 1. The Labute approximate surface area is 129 Å². The lowest BCUT2D eigenvalue weighted by Gasteiger charge is -2.45. The molecule has 118 valence electrons. The molecule has 1 aliphatic heterocycles. The third-order valence-electron chi connectivity index (χ3n) is 5.28.